The fourth-order valence-electron chi connectivity index (χ4n) is 1.18. The summed E-state index contributed by atoms with van der Waals surface area (Å²) < 4.78 is 1.53. The molecule has 1 aromatic carbocycles. The first kappa shape index (κ1) is 9.43. The maximum Gasteiger partial charge on any atom is 0.221 e. The van der Waals surface area contributed by atoms with Gasteiger partial charge in [-0.3, -0.25) is 4.79 Å². The van der Waals surface area contributed by atoms with Crippen molar-refractivity contribution in [2.24, 2.45) is 0 Å². The van der Waals surface area contributed by atoms with Crippen molar-refractivity contribution < 1.29 is 4.79 Å². The molecule has 2 aromatic rings. The maximum absolute atomic E-state index is 10.8. The zero-order valence-corrected chi connectivity index (χ0v) is 8.95. The molecular formula is C9H7ClN2OS. The number of halogens is 1. The molecule has 0 atom stereocenters. The number of hydrogen-bond donors (Lipinski definition) is 1. The second-order valence-corrected chi connectivity index (χ2v) is 4.44. The topological polar surface area (TPSA) is 42.0 Å². The molecule has 0 unspecified atom stereocenters. The quantitative estimate of drug-likeness (QED) is 0.813. The summed E-state index contributed by atoms with van der Waals surface area (Å²) in [4.78, 5) is 14.9. The summed E-state index contributed by atoms with van der Waals surface area (Å²) in [6.07, 6.45) is 0. The van der Waals surface area contributed by atoms with E-state index in [9.17, 15) is 4.79 Å². The number of anilines is 1. The lowest BCUT2D eigenvalue weighted by molar-refractivity contribution is -0.114. The fraction of sp³-hybridized carbons (Fsp3) is 0.111. The minimum Gasteiger partial charge on any atom is -0.326 e. The zero-order valence-electron chi connectivity index (χ0n) is 7.37. The third-order valence-electron chi connectivity index (χ3n) is 1.68. The molecule has 2 rings (SSSR count). The van der Waals surface area contributed by atoms with Crippen molar-refractivity contribution in [2.45, 2.75) is 6.92 Å². The van der Waals surface area contributed by atoms with E-state index >= 15 is 0 Å². The van der Waals surface area contributed by atoms with E-state index < -0.39 is 0 Å². The average Bonchev–Trinajstić information content (AvgIpc) is 2.42. The number of rotatable bonds is 1. The van der Waals surface area contributed by atoms with E-state index in [4.69, 9.17) is 11.6 Å². The van der Waals surface area contributed by atoms with Gasteiger partial charge in [0.05, 0.1) is 10.2 Å². The van der Waals surface area contributed by atoms with Crippen molar-refractivity contribution in [1.29, 1.82) is 0 Å². The highest BCUT2D eigenvalue weighted by molar-refractivity contribution is 7.22. The minimum atomic E-state index is -0.0920. The van der Waals surface area contributed by atoms with Gasteiger partial charge in [0.15, 0.2) is 4.47 Å². The van der Waals surface area contributed by atoms with E-state index in [1.165, 1.54) is 18.3 Å². The Balaban J connectivity index is 2.45. The second-order valence-electron chi connectivity index (χ2n) is 2.83. The van der Waals surface area contributed by atoms with E-state index in [2.05, 4.69) is 10.3 Å². The molecule has 0 aliphatic heterocycles. The zero-order chi connectivity index (χ0) is 10.1. The predicted molar refractivity (Wildman–Crippen MR) is 58.9 cm³/mol. The third-order valence-corrected chi connectivity index (χ3v) is 2.82. The Kier molecular flexibility index (Phi) is 2.39. The lowest BCUT2D eigenvalue weighted by atomic mass is 10.3. The van der Waals surface area contributed by atoms with Crippen molar-refractivity contribution in [3.05, 3.63) is 22.7 Å². The highest BCUT2D eigenvalue weighted by Crippen LogP contribution is 2.27. The summed E-state index contributed by atoms with van der Waals surface area (Å²) >= 11 is 7.18. The van der Waals surface area contributed by atoms with Crippen LogP contribution in [-0.2, 0) is 4.79 Å². The molecule has 72 valence electrons. The lowest BCUT2D eigenvalue weighted by Crippen LogP contribution is -2.05. The van der Waals surface area contributed by atoms with Crippen LogP contribution < -0.4 is 5.32 Å². The van der Waals surface area contributed by atoms with E-state index in [1.54, 1.807) is 6.07 Å². The normalized spacial score (nSPS) is 10.4. The van der Waals surface area contributed by atoms with Gasteiger partial charge in [-0.25, -0.2) is 4.98 Å². The van der Waals surface area contributed by atoms with Crippen LogP contribution in [0.15, 0.2) is 18.2 Å². The summed E-state index contributed by atoms with van der Waals surface area (Å²) in [5.41, 5.74) is 1.55. The Bertz CT molecular complexity index is 495. The number of benzene rings is 1. The number of nitrogens with one attached hydrogen (secondary N) is 1. The number of carbonyl (C=O) groups is 1. The standard InChI is InChI=1S/C9H7ClN2OS/c1-5(13)11-6-2-3-8-7(4-6)12-9(10)14-8/h2-4H,1H3,(H,11,13). The molecule has 0 aliphatic carbocycles. The van der Waals surface area contributed by atoms with Gasteiger partial charge in [-0.15, -0.1) is 11.3 Å². The van der Waals surface area contributed by atoms with Crippen LogP contribution in [0, 0.1) is 0 Å². The molecule has 0 spiro atoms. The van der Waals surface area contributed by atoms with Crippen molar-refractivity contribution in [3.8, 4) is 0 Å². The van der Waals surface area contributed by atoms with Gasteiger partial charge in [0.2, 0.25) is 5.91 Å². The van der Waals surface area contributed by atoms with Crippen LogP contribution in [-0.4, -0.2) is 10.9 Å². The number of aromatic nitrogens is 1. The highest BCUT2D eigenvalue weighted by Gasteiger charge is 2.03. The molecule has 3 nitrogen and oxygen atoms in total. The van der Waals surface area contributed by atoms with E-state index in [0.29, 0.717) is 4.47 Å². The lowest BCUT2D eigenvalue weighted by Gasteiger charge is -1.99. The van der Waals surface area contributed by atoms with Crippen LogP contribution in [0.2, 0.25) is 4.47 Å². The molecule has 14 heavy (non-hydrogen) atoms. The van der Waals surface area contributed by atoms with Crippen LogP contribution in [0.25, 0.3) is 10.2 Å². The average molecular weight is 227 g/mol. The summed E-state index contributed by atoms with van der Waals surface area (Å²) in [7, 11) is 0. The molecule has 1 heterocycles. The Morgan fingerprint density at radius 1 is 1.57 bits per heavy atom. The Morgan fingerprint density at radius 2 is 2.36 bits per heavy atom. The molecule has 0 saturated carbocycles. The largest absolute Gasteiger partial charge is 0.326 e. The summed E-state index contributed by atoms with van der Waals surface area (Å²) in [6.45, 7) is 1.47. The van der Waals surface area contributed by atoms with Crippen LogP contribution in [0.4, 0.5) is 5.69 Å². The Labute approximate surface area is 89.7 Å². The highest BCUT2D eigenvalue weighted by atomic mass is 35.5. The van der Waals surface area contributed by atoms with Gasteiger partial charge in [-0.2, -0.15) is 0 Å². The molecule has 0 radical (unpaired) electrons. The predicted octanol–water partition coefficient (Wildman–Crippen LogP) is 2.91. The van der Waals surface area contributed by atoms with E-state index in [0.717, 1.165) is 15.9 Å². The van der Waals surface area contributed by atoms with Crippen molar-refractivity contribution in [1.82, 2.24) is 4.98 Å². The third kappa shape index (κ3) is 1.86. The van der Waals surface area contributed by atoms with Gasteiger partial charge < -0.3 is 5.32 Å². The van der Waals surface area contributed by atoms with Gasteiger partial charge in [-0.05, 0) is 18.2 Å². The first-order chi connectivity index (χ1) is 6.65. The second kappa shape index (κ2) is 3.55. The molecular weight excluding hydrogens is 220 g/mol. The number of hydrogen-bond acceptors (Lipinski definition) is 3. The number of fused-ring (bicyclic) bond motifs is 1. The molecule has 0 fully saturated rings. The van der Waals surface area contributed by atoms with Crippen molar-refractivity contribution >= 4 is 44.7 Å². The van der Waals surface area contributed by atoms with Gasteiger partial charge in [0.1, 0.15) is 0 Å². The van der Waals surface area contributed by atoms with Crippen molar-refractivity contribution in [3.63, 3.8) is 0 Å². The van der Waals surface area contributed by atoms with E-state index in [-0.39, 0.29) is 5.91 Å². The number of thiazole rings is 1. The molecule has 0 saturated heterocycles. The smallest absolute Gasteiger partial charge is 0.221 e. The molecule has 1 N–H and O–H groups in total. The molecule has 1 amide bonds. The summed E-state index contributed by atoms with van der Waals surface area (Å²) in [6, 6.07) is 5.53. The maximum atomic E-state index is 10.8. The summed E-state index contributed by atoms with van der Waals surface area (Å²) in [5, 5.41) is 2.69. The first-order valence-electron chi connectivity index (χ1n) is 3.99. The summed E-state index contributed by atoms with van der Waals surface area (Å²) in [5.74, 6) is -0.0920. The monoisotopic (exact) mass is 226 g/mol. The fourth-order valence-corrected chi connectivity index (χ4v) is 2.19. The molecule has 0 aliphatic rings. The van der Waals surface area contributed by atoms with Crippen LogP contribution in [0.1, 0.15) is 6.92 Å². The first-order valence-corrected chi connectivity index (χ1v) is 5.18. The van der Waals surface area contributed by atoms with E-state index in [1.807, 2.05) is 12.1 Å². The number of carbonyl (C=O) groups excluding carboxylic acids is 1. The Morgan fingerprint density at radius 3 is 3.07 bits per heavy atom. The number of amides is 1. The SMILES string of the molecule is CC(=O)Nc1ccc2sc(Cl)nc2c1. The molecule has 5 heteroatoms. The molecule has 1 aromatic heterocycles. The van der Waals surface area contributed by atoms with Gasteiger partial charge in [-0.1, -0.05) is 11.6 Å². The van der Waals surface area contributed by atoms with Gasteiger partial charge in [0.25, 0.3) is 0 Å². The van der Waals surface area contributed by atoms with Crippen LogP contribution >= 0.6 is 22.9 Å². The Hall–Kier alpha value is -1.13. The minimum absolute atomic E-state index is 0.0920. The van der Waals surface area contributed by atoms with Gasteiger partial charge in [0, 0.05) is 12.6 Å². The number of nitrogens with zero attached hydrogens (tertiary/aromatic N) is 1. The van der Waals surface area contributed by atoms with Crippen LogP contribution in [0.3, 0.4) is 0 Å². The van der Waals surface area contributed by atoms with Gasteiger partial charge >= 0.3 is 0 Å². The van der Waals surface area contributed by atoms with Crippen LogP contribution in [0.5, 0.6) is 0 Å². The van der Waals surface area contributed by atoms with Crippen molar-refractivity contribution in [2.75, 3.05) is 5.32 Å². The molecule has 0 bridgehead atoms.